The van der Waals surface area contributed by atoms with E-state index >= 15 is 0 Å². The lowest BCUT2D eigenvalue weighted by Crippen LogP contribution is -2.44. The van der Waals surface area contributed by atoms with Gasteiger partial charge in [-0.3, -0.25) is 9.59 Å². The first-order valence-corrected chi connectivity index (χ1v) is 6.68. The minimum Gasteiger partial charge on any atom is -0.508 e. The Morgan fingerprint density at radius 3 is 2.29 bits per heavy atom. The van der Waals surface area contributed by atoms with Gasteiger partial charge in [0.05, 0.1) is 6.42 Å². The number of carboxylic acid groups (broad SMARTS) is 1. The third kappa shape index (κ3) is 6.12. The Morgan fingerprint density at radius 1 is 1.24 bits per heavy atom. The molecular formula is C16H21NO4. The lowest BCUT2D eigenvalue weighted by Gasteiger charge is -2.29. The summed E-state index contributed by atoms with van der Waals surface area (Å²) >= 11 is 0. The molecule has 1 atom stereocenters. The molecule has 21 heavy (non-hydrogen) atoms. The molecule has 0 radical (unpaired) electrons. The molecule has 0 bridgehead atoms. The summed E-state index contributed by atoms with van der Waals surface area (Å²) in [5.74, 6) is -1.13. The van der Waals surface area contributed by atoms with Crippen molar-refractivity contribution in [1.82, 2.24) is 5.32 Å². The Morgan fingerprint density at radius 2 is 1.81 bits per heavy atom. The molecule has 0 aliphatic carbocycles. The van der Waals surface area contributed by atoms with Gasteiger partial charge in [0, 0.05) is 12.1 Å². The molecular weight excluding hydrogens is 270 g/mol. The Balaban J connectivity index is 2.69. The molecule has 3 N–H and O–H groups in total. The van der Waals surface area contributed by atoms with Gasteiger partial charge < -0.3 is 15.5 Å². The number of amides is 1. The van der Waals surface area contributed by atoms with Crippen LogP contribution in [0.4, 0.5) is 0 Å². The van der Waals surface area contributed by atoms with E-state index in [-0.39, 0.29) is 23.5 Å². The van der Waals surface area contributed by atoms with Gasteiger partial charge in [-0.15, -0.1) is 0 Å². The maximum atomic E-state index is 11.9. The lowest BCUT2D eigenvalue weighted by atomic mass is 9.84. The number of phenolic OH excluding ortho intramolecular Hbond substituents is 1. The van der Waals surface area contributed by atoms with Gasteiger partial charge in [0.25, 0.3) is 0 Å². The molecule has 0 aliphatic heterocycles. The summed E-state index contributed by atoms with van der Waals surface area (Å²) < 4.78 is 0. The SMILES string of the molecule is CC(C)(C)C(CC(=O)O)NC(=O)/C=C/c1ccc(O)cc1. The average Bonchev–Trinajstić information content (AvgIpc) is 2.36. The van der Waals surface area contributed by atoms with Gasteiger partial charge in [-0.05, 0) is 29.2 Å². The smallest absolute Gasteiger partial charge is 0.305 e. The highest BCUT2D eigenvalue weighted by atomic mass is 16.4. The number of benzene rings is 1. The van der Waals surface area contributed by atoms with Crippen molar-refractivity contribution < 1.29 is 19.8 Å². The van der Waals surface area contributed by atoms with Crippen molar-refractivity contribution in [2.24, 2.45) is 5.41 Å². The van der Waals surface area contributed by atoms with Crippen LogP contribution in [0.25, 0.3) is 6.08 Å². The zero-order chi connectivity index (χ0) is 16.0. The quantitative estimate of drug-likeness (QED) is 0.727. The molecule has 1 aromatic carbocycles. The molecule has 0 saturated heterocycles. The molecule has 1 amide bonds. The fourth-order valence-electron chi connectivity index (χ4n) is 1.73. The number of carbonyl (C=O) groups excluding carboxylic acids is 1. The Labute approximate surface area is 124 Å². The van der Waals surface area contributed by atoms with E-state index in [1.54, 1.807) is 18.2 Å². The van der Waals surface area contributed by atoms with Gasteiger partial charge in [-0.25, -0.2) is 0 Å². The monoisotopic (exact) mass is 291 g/mol. The fraction of sp³-hybridized carbons (Fsp3) is 0.375. The standard InChI is InChI=1S/C16H21NO4/c1-16(2,3)13(10-15(20)21)17-14(19)9-6-11-4-7-12(18)8-5-11/h4-9,13,18H,10H2,1-3H3,(H,17,19)(H,20,21)/b9-6+. The highest BCUT2D eigenvalue weighted by Crippen LogP contribution is 2.22. The molecule has 0 heterocycles. The van der Waals surface area contributed by atoms with Crippen molar-refractivity contribution in [3.05, 3.63) is 35.9 Å². The van der Waals surface area contributed by atoms with Gasteiger partial charge in [0.1, 0.15) is 5.75 Å². The molecule has 0 aliphatic rings. The zero-order valence-corrected chi connectivity index (χ0v) is 12.5. The first-order chi connectivity index (χ1) is 9.68. The number of phenols is 1. The van der Waals surface area contributed by atoms with Crippen molar-refractivity contribution in [1.29, 1.82) is 0 Å². The van der Waals surface area contributed by atoms with Crippen LogP contribution in [0.3, 0.4) is 0 Å². The van der Waals surface area contributed by atoms with E-state index in [1.807, 2.05) is 20.8 Å². The van der Waals surface area contributed by atoms with E-state index in [0.29, 0.717) is 0 Å². The van der Waals surface area contributed by atoms with Crippen LogP contribution in [-0.4, -0.2) is 28.1 Å². The number of carboxylic acids is 1. The summed E-state index contributed by atoms with van der Waals surface area (Å²) in [6.07, 6.45) is 2.84. The highest BCUT2D eigenvalue weighted by Gasteiger charge is 2.27. The van der Waals surface area contributed by atoms with Crippen molar-refractivity contribution in [3.8, 4) is 5.75 Å². The number of hydrogen-bond donors (Lipinski definition) is 3. The third-order valence-corrected chi connectivity index (χ3v) is 3.06. The molecule has 1 unspecified atom stereocenters. The van der Waals surface area contributed by atoms with Crippen LogP contribution in [0.5, 0.6) is 5.75 Å². The molecule has 114 valence electrons. The Kier molecular flexibility index (Phi) is 5.52. The first kappa shape index (κ1) is 16.8. The second-order valence-corrected chi connectivity index (χ2v) is 5.95. The van der Waals surface area contributed by atoms with Crippen LogP contribution in [-0.2, 0) is 9.59 Å². The Hall–Kier alpha value is -2.30. The fourth-order valence-corrected chi connectivity index (χ4v) is 1.73. The summed E-state index contributed by atoms with van der Waals surface area (Å²) in [7, 11) is 0. The minimum atomic E-state index is -0.947. The number of rotatable bonds is 5. The lowest BCUT2D eigenvalue weighted by molar-refractivity contribution is -0.138. The van der Waals surface area contributed by atoms with Crippen molar-refractivity contribution in [2.75, 3.05) is 0 Å². The summed E-state index contributed by atoms with van der Waals surface area (Å²) in [4.78, 5) is 22.7. The largest absolute Gasteiger partial charge is 0.508 e. The molecule has 5 nitrogen and oxygen atoms in total. The third-order valence-electron chi connectivity index (χ3n) is 3.06. The minimum absolute atomic E-state index is 0.123. The van der Waals surface area contributed by atoms with Crippen LogP contribution in [0.1, 0.15) is 32.8 Å². The predicted molar refractivity (Wildman–Crippen MR) is 80.8 cm³/mol. The highest BCUT2D eigenvalue weighted by molar-refractivity contribution is 5.92. The van der Waals surface area contributed by atoms with Crippen LogP contribution >= 0.6 is 0 Å². The molecule has 1 aromatic rings. The number of nitrogens with one attached hydrogen (secondary N) is 1. The summed E-state index contributed by atoms with van der Waals surface area (Å²) in [6, 6.07) is 5.96. The van der Waals surface area contributed by atoms with Crippen LogP contribution in [0.15, 0.2) is 30.3 Å². The normalized spacial score (nSPS) is 13.1. The summed E-state index contributed by atoms with van der Waals surface area (Å²) in [5.41, 5.74) is 0.425. The van der Waals surface area contributed by atoms with Crippen molar-refractivity contribution in [2.45, 2.75) is 33.2 Å². The van der Waals surface area contributed by atoms with E-state index < -0.39 is 12.0 Å². The topological polar surface area (TPSA) is 86.6 Å². The molecule has 1 rings (SSSR count). The molecule has 0 fully saturated rings. The maximum Gasteiger partial charge on any atom is 0.305 e. The van der Waals surface area contributed by atoms with Crippen molar-refractivity contribution in [3.63, 3.8) is 0 Å². The van der Waals surface area contributed by atoms with E-state index in [9.17, 15) is 9.59 Å². The molecule has 0 saturated carbocycles. The van der Waals surface area contributed by atoms with Crippen LogP contribution in [0, 0.1) is 5.41 Å². The maximum absolute atomic E-state index is 11.9. The van der Waals surface area contributed by atoms with Crippen molar-refractivity contribution >= 4 is 18.0 Å². The number of aliphatic carboxylic acids is 1. The van der Waals surface area contributed by atoms with Gasteiger partial charge >= 0.3 is 5.97 Å². The van der Waals surface area contributed by atoms with Gasteiger partial charge in [-0.1, -0.05) is 32.9 Å². The van der Waals surface area contributed by atoms with E-state index in [2.05, 4.69) is 5.32 Å². The number of carbonyl (C=O) groups is 2. The molecule has 0 aromatic heterocycles. The molecule has 5 heteroatoms. The number of aromatic hydroxyl groups is 1. The van der Waals surface area contributed by atoms with Crippen LogP contribution in [0.2, 0.25) is 0 Å². The van der Waals surface area contributed by atoms with E-state index in [4.69, 9.17) is 10.2 Å². The summed E-state index contributed by atoms with van der Waals surface area (Å²) in [5, 5.41) is 20.8. The first-order valence-electron chi connectivity index (χ1n) is 6.68. The zero-order valence-electron chi connectivity index (χ0n) is 12.5. The number of hydrogen-bond acceptors (Lipinski definition) is 3. The predicted octanol–water partition coefficient (Wildman–Crippen LogP) is 2.41. The molecule has 0 spiro atoms. The van der Waals surface area contributed by atoms with E-state index in [1.165, 1.54) is 18.2 Å². The van der Waals surface area contributed by atoms with Gasteiger partial charge in [-0.2, -0.15) is 0 Å². The second-order valence-electron chi connectivity index (χ2n) is 5.95. The average molecular weight is 291 g/mol. The Bertz CT molecular complexity index is 526. The van der Waals surface area contributed by atoms with Gasteiger partial charge in [0.2, 0.25) is 5.91 Å². The second kappa shape index (κ2) is 6.92. The van der Waals surface area contributed by atoms with Crippen LogP contribution < -0.4 is 5.32 Å². The summed E-state index contributed by atoms with van der Waals surface area (Å²) in [6.45, 7) is 5.64. The van der Waals surface area contributed by atoms with Gasteiger partial charge in [0.15, 0.2) is 0 Å². The van der Waals surface area contributed by atoms with E-state index in [0.717, 1.165) is 5.56 Å².